The monoisotopic (exact) mass is 422 g/mol. The number of esters is 3. The van der Waals surface area contributed by atoms with E-state index in [0.717, 1.165) is 0 Å². The second kappa shape index (κ2) is 10.5. The van der Waals surface area contributed by atoms with Gasteiger partial charge in [-0.05, 0) is 36.5 Å². The van der Waals surface area contributed by atoms with Gasteiger partial charge in [0.05, 0.1) is 25.0 Å². The maximum absolute atomic E-state index is 12.7. The van der Waals surface area contributed by atoms with Crippen LogP contribution in [0.2, 0.25) is 0 Å². The first kappa shape index (κ1) is 23.8. The zero-order chi connectivity index (χ0) is 22.4. The van der Waals surface area contributed by atoms with Crippen LogP contribution in [0.3, 0.4) is 0 Å². The van der Waals surface area contributed by atoms with Gasteiger partial charge in [0, 0.05) is 12.5 Å². The van der Waals surface area contributed by atoms with Crippen LogP contribution < -0.4 is 0 Å². The molecule has 1 aliphatic carbocycles. The molecule has 0 radical (unpaired) electrons. The minimum Gasteiger partial charge on any atom is -0.457 e. The highest BCUT2D eigenvalue weighted by molar-refractivity contribution is 5.91. The lowest BCUT2D eigenvalue weighted by Gasteiger charge is -2.34. The van der Waals surface area contributed by atoms with Gasteiger partial charge in [-0.2, -0.15) is 0 Å². The predicted molar refractivity (Wildman–Crippen MR) is 107 cm³/mol. The molecule has 0 aromatic rings. The van der Waals surface area contributed by atoms with Gasteiger partial charge < -0.3 is 24.4 Å². The zero-order valence-electron chi connectivity index (χ0n) is 17.6. The quantitative estimate of drug-likeness (QED) is 0.287. The Balaban J connectivity index is 2.61. The van der Waals surface area contributed by atoms with Crippen LogP contribution in [0.5, 0.6) is 0 Å². The van der Waals surface area contributed by atoms with Crippen molar-refractivity contribution in [1.29, 1.82) is 0 Å². The third kappa shape index (κ3) is 5.37. The number of rotatable bonds is 6. The number of hydrogen-bond acceptors (Lipinski definition) is 8. The molecule has 8 nitrogen and oxygen atoms in total. The van der Waals surface area contributed by atoms with E-state index in [1.54, 1.807) is 19.1 Å². The van der Waals surface area contributed by atoms with Crippen molar-refractivity contribution in [3.05, 3.63) is 35.5 Å². The van der Waals surface area contributed by atoms with E-state index in [2.05, 4.69) is 6.58 Å². The van der Waals surface area contributed by atoms with Gasteiger partial charge in [0.1, 0.15) is 6.10 Å². The molecule has 0 unspecified atom stereocenters. The highest BCUT2D eigenvalue weighted by Crippen LogP contribution is 2.37. The van der Waals surface area contributed by atoms with Gasteiger partial charge in [0.25, 0.3) is 0 Å². The lowest BCUT2D eigenvalue weighted by Crippen LogP contribution is -2.46. The maximum Gasteiger partial charge on any atom is 0.334 e. The number of hydrogen-bond donors (Lipinski definition) is 2. The van der Waals surface area contributed by atoms with Gasteiger partial charge in [-0.3, -0.25) is 9.59 Å². The number of carbonyl (C=O) groups is 3. The zero-order valence-corrected chi connectivity index (χ0v) is 17.6. The van der Waals surface area contributed by atoms with Crippen LogP contribution in [0.15, 0.2) is 35.5 Å². The summed E-state index contributed by atoms with van der Waals surface area (Å²) < 4.78 is 16.7. The number of aliphatic hydroxyl groups is 2. The van der Waals surface area contributed by atoms with Crippen molar-refractivity contribution in [2.45, 2.75) is 58.3 Å². The maximum atomic E-state index is 12.7. The minimum atomic E-state index is -1.13. The fourth-order valence-corrected chi connectivity index (χ4v) is 3.56. The van der Waals surface area contributed by atoms with E-state index < -0.39 is 54.7 Å². The van der Waals surface area contributed by atoms with Crippen molar-refractivity contribution in [2.75, 3.05) is 13.2 Å². The lowest BCUT2D eigenvalue weighted by molar-refractivity contribution is -0.171. The van der Waals surface area contributed by atoms with Gasteiger partial charge in [-0.1, -0.05) is 26.5 Å². The van der Waals surface area contributed by atoms with Gasteiger partial charge in [-0.25, -0.2) is 4.79 Å². The van der Waals surface area contributed by atoms with Crippen LogP contribution >= 0.6 is 0 Å². The Morgan fingerprint density at radius 2 is 2.00 bits per heavy atom. The first-order valence-corrected chi connectivity index (χ1v) is 10.1. The van der Waals surface area contributed by atoms with E-state index in [4.69, 9.17) is 14.2 Å². The number of fused-ring (bicyclic) bond motifs is 1. The van der Waals surface area contributed by atoms with Crippen LogP contribution in [0.4, 0.5) is 0 Å². The normalized spacial score (nSPS) is 31.4. The Morgan fingerprint density at radius 3 is 2.57 bits per heavy atom. The number of aliphatic hydroxyl groups excluding tert-OH is 2. The van der Waals surface area contributed by atoms with Crippen LogP contribution in [0, 0.1) is 11.8 Å². The Labute approximate surface area is 176 Å². The van der Waals surface area contributed by atoms with Crippen molar-refractivity contribution < 1.29 is 38.8 Å². The smallest absolute Gasteiger partial charge is 0.334 e. The van der Waals surface area contributed by atoms with E-state index in [9.17, 15) is 24.6 Å². The molecule has 2 N–H and O–H groups in total. The topological polar surface area (TPSA) is 119 Å². The highest BCUT2D eigenvalue weighted by Gasteiger charge is 2.49. The fourth-order valence-electron chi connectivity index (χ4n) is 3.56. The van der Waals surface area contributed by atoms with E-state index in [-0.39, 0.29) is 12.2 Å². The summed E-state index contributed by atoms with van der Waals surface area (Å²) in [5, 5.41) is 19.6. The third-order valence-corrected chi connectivity index (χ3v) is 5.50. The first-order chi connectivity index (χ1) is 14.2. The molecule has 2 rings (SSSR count). The Bertz CT molecular complexity index is 750. The molecule has 0 aromatic carbocycles. The van der Waals surface area contributed by atoms with Crippen molar-refractivity contribution in [2.24, 2.45) is 11.8 Å². The summed E-state index contributed by atoms with van der Waals surface area (Å²) in [6.07, 6.45) is 1.67. The molecule has 1 heterocycles. The Morgan fingerprint density at radius 1 is 1.30 bits per heavy atom. The molecule has 30 heavy (non-hydrogen) atoms. The van der Waals surface area contributed by atoms with Crippen molar-refractivity contribution in [3.8, 4) is 0 Å². The molecule has 8 heteroatoms. The standard InChI is InChI=1S/C22H30O8/c1-5-12(2)21(26)30-20-18-13(3)22(27)29-17(18)9-15(10-23)7-6-8-16(11-24)19(20)28-14(4)25/h8-9,12,17-20,23-24H,3,5-7,10-11H2,1-2,4H3/b15-9+,16-8-/t12-,17-,18-,19+,20-/m1/s1. The largest absolute Gasteiger partial charge is 0.457 e. The Kier molecular flexibility index (Phi) is 8.37. The Hall–Kier alpha value is -2.45. The molecule has 0 spiro atoms. The molecule has 1 saturated heterocycles. The molecule has 166 valence electrons. The fraction of sp³-hybridized carbons (Fsp3) is 0.591. The summed E-state index contributed by atoms with van der Waals surface area (Å²) in [7, 11) is 0. The summed E-state index contributed by atoms with van der Waals surface area (Å²) in [4.78, 5) is 36.8. The number of carbonyl (C=O) groups excluding carboxylic acids is 3. The highest BCUT2D eigenvalue weighted by atomic mass is 16.6. The van der Waals surface area contributed by atoms with Crippen LogP contribution in [0.25, 0.3) is 0 Å². The van der Waals surface area contributed by atoms with Crippen LogP contribution in [0.1, 0.15) is 40.0 Å². The molecule has 0 bridgehead atoms. The molecule has 2 aliphatic rings. The predicted octanol–water partition coefficient (Wildman–Crippen LogP) is 1.60. The van der Waals surface area contributed by atoms with Crippen LogP contribution in [-0.4, -0.2) is 59.6 Å². The lowest BCUT2D eigenvalue weighted by atomic mass is 9.83. The van der Waals surface area contributed by atoms with Gasteiger partial charge >= 0.3 is 17.9 Å². The second-order valence-electron chi connectivity index (χ2n) is 7.62. The van der Waals surface area contributed by atoms with E-state index in [0.29, 0.717) is 30.4 Å². The second-order valence-corrected chi connectivity index (χ2v) is 7.62. The van der Waals surface area contributed by atoms with Crippen molar-refractivity contribution in [1.82, 2.24) is 0 Å². The van der Waals surface area contributed by atoms with Gasteiger partial charge in [-0.15, -0.1) is 0 Å². The average molecular weight is 422 g/mol. The molecule has 5 atom stereocenters. The van der Waals surface area contributed by atoms with Crippen LogP contribution in [-0.2, 0) is 28.6 Å². The molecular weight excluding hydrogens is 392 g/mol. The van der Waals surface area contributed by atoms with Gasteiger partial charge in [0.2, 0.25) is 0 Å². The van der Waals surface area contributed by atoms with E-state index in [1.807, 2.05) is 6.92 Å². The average Bonchev–Trinajstić information content (AvgIpc) is 2.99. The van der Waals surface area contributed by atoms with Crippen molar-refractivity contribution in [3.63, 3.8) is 0 Å². The third-order valence-electron chi connectivity index (χ3n) is 5.50. The van der Waals surface area contributed by atoms with Gasteiger partial charge in [0.15, 0.2) is 12.2 Å². The summed E-state index contributed by atoms with van der Waals surface area (Å²) in [5.41, 5.74) is 1.06. The van der Waals surface area contributed by atoms with Crippen molar-refractivity contribution >= 4 is 17.9 Å². The van der Waals surface area contributed by atoms with E-state index >= 15 is 0 Å². The molecule has 1 fully saturated rings. The molecule has 0 saturated carbocycles. The first-order valence-electron chi connectivity index (χ1n) is 10.1. The summed E-state index contributed by atoms with van der Waals surface area (Å²) in [5.74, 6) is -3.07. The molecule has 1 aliphatic heterocycles. The molecular formula is C22H30O8. The summed E-state index contributed by atoms with van der Waals surface area (Å²) in [6.45, 7) is 7.89. The minimum absolute atomic E-state index is 0.0745. The summed E-state index contributed by atoms with van der Waals surface area (Å²) in [6, 6.07) is 0. The number of allylic oxidation sites excluding steroid dienone is 1. The van der Waals surface area contributed by atoms with E-state index in [1.165, 1.54) is 6.92 Å². The summed E-state index contributed by atoms with van der Waals surface area (Å²) >= 11 is 0. The molecule has 0 amide bonds. The SMILES string of the molecule is C=C1C(=O)O[C@@H]2/C=C(/CO)CC/C=C(/CO)[C@H](OC(C)=O)[C@H](OC(=O)[C@H](C)CC)[C@H]12. The molecule has 0 aromatic heterocycles. The number of ether oxygens (including phenoxy) is 3.